The summed E-state index contributed by atoms with van der Waals surface area (Å²) < 4.78 is 5.62. The normalized spacial score (nSPS) is 16.3. The van der Waals surface area contributed by atoms with Crippen molar-refractivity contribution in [3.8, 4) is 5.75 Å². The van der Waals surface area contributed by atoms with Crippen molar-refractivity contribution >= 4 is 17.5 Å². The van der Waals surface area contributed by atoms with E-state index in [1.165, 1.54) is 4.90 Å². The van der Waals surface area contributed by atoms with Crippen LogP contribution in [0.3, 0.4) is 0 Å². The first-order valence-corrected chi connectivity index (χ1v) is 7.94. The fourth-order valence-corrected chi connectivity index (χ4v) is 2.68. The number of aryl methyl sites for hydroxylation is 1. The number of carbonyl (C=O) groups excluding carboxylic acids is 2. The summed E-state index contributed by atoms with van der Waals surface area (Å²) >= 11 is 0. The molecule has 0 aliphatic carbocycles. The molecule has 0 aromatic heterocycles. The number of ether oxygens (including phenoxy) is 1. The molecule has 1 aliphatic heterocycles. The number of hydrogen-bond donors (Lipinski definition) is 1. The van der Waals surface area contributed by atoms with Gasteiger partial charge in [-0.1, -0.05) is 36.4 Å². The first-order chi connectivity index (χ1) is 11.5. The van der Waals surface area contributed by atoms with E-state index in [1.54, 1.807) is 6.92 Å². The summed E-state index contributed by atoms with van der Waals surface area (Å²) in [6.45, 7) is 4.06. The van der Waals surface area contributed by atoms with Crippen LogP contribution in [0.2, 0.25) is 0 Å². The van der Waals surface area contributed by atoms with Gasteiger partial charge in [-0.2, -0.15) is 0 Å². The van der Waals surface area contributed by atoms with Crippen molar-refractivity contribution < 1.29 is 14.3 Å². The van der Waals surface area contributed by atoms with Gasteiger partial charge in [0, 0.05) is 6.54 Å². The Morgan fingerprint density at radius 3 is 2.71 bits per heavy atom. The summed E-state index contributed by atoms with van der Waals surface area (Å²) in [5.41, 5.74) is 2.67. The second-order valence-corrected chi connectivity index (χ2v) is 5.92. The van der Waals surface area contributed by atoms with E-state index in [4.69, 9.17) is 4.74 Å². The average Bonchev–Trinajstić information content (AvgIpc) is 2.59. The van der Waals surface area contributed by atoms with Gasteiger partial charge in [0.1, 0.15) is 12.3 Å². The number of nitrogens with zero attached hydrogens (tertiary/aromatic N) is 1. The van der Waals surface area contributed by atoms with Crippen LogP contribution in [0.15, 0.2) is 48.5 Å². The number of nitrogens with one attached hydrogen (secondary N) is 1. The fraction of sp³-hybridized carbons (Fsp3) is 0.263. The zero-order chi connectivity index (χ0) is 17.1. The molecule has 0 fully saturated rings. The minimum absolute atomic E-state index is 0.0180. The van der Waals surface area contributed by atoms with E-state index in [9.17, 15) is 9.59 Å². The Morgan fingerprint density at radius 1 is 1.21 bits per heavy atom. The first-order valence-electron chi connectivity index (χ1n) is 7.94. The van der Waals surface area contributed by atoms with E-state index in [-0.39, 0.29) is 18.4 Å². The number of fused-ring (bicyclic) bond motifs is 1. The Kier molecular flexibility index (Phi) is 4.51. The van der Waals surface area contributed by atoms with Crippen LogP contribution in [0.4, 0.5) is 5.69 Å². The van der Waals surface area contributed by atoms with Crippen molar-refractivity contribution in [2.75, 3.05) is 11.4 Å². The van der Waals surface area contributed by atoms with E-state index in [1.807, 2.05) is 55.5 Å². The Hall–Kier alpha value is -2.82. The highest BCUT2D eigenvalue weighted by Crippen LogP contribution is 2.34. The maximum absolute atomic E-state index is 12.4. The lowest BCUT2D eigenvalue weighted by molar-refractivity contribution is -0.128. The molecule has 0 bridgehead atoms. The highest BCUT2D eigenvalue weighted by atomic mass is 16.5. The zero-order valence-electron chi connectivity index (χ0n) is 13.8. The van der Waals surface area contributed by atoms with E-state index in [0.29, 0.717) is 18.0 Å². The standard InChI is InChI=1S/C19H20N2O3/c1-13-8-9-17-16(10-13)21(19(23)14(2)24-17)12-18(22)20-11-15-6-4-3-5-7-15/h3-10,14H,11-12H2,1-2H3,(H,20,22)/t14-/m1/s1. The van der Waals surface area contributed by atoms with Gasteiger partial charge in [0.05, 0.1) is 5.69 Å². The summed E-state index contributed by atoms with van der Waals surface area (Å²) in [5, 5.41) is 2.85. The van der Waals surface area contributed by atoms with E-state index in [0.717, 1.165) is 11.1 Å². The van der Waals surface area contributed by atoms with Crippen molar-refractivity contribution in [2.45, 2.75) is 26.5 Å². The van der Waals surface area contributed by atoms with E-state index in [2.05, 4.69) is 5.32 Å². The third kappa shape index (κ3) is 3.40. The topological polar surface area (TPSA) is 58.6 Å². The number of amides is 2. The van der Waals surface area contributed by atoms with Crippen LogP contribution in [0.5, 0.6) is 5.75 Å². The van der Waals surface area contributed by atoms with E-state index < -0.39 is 6.10 Å². The van der Waals surface area contributed by atoms with Crippen LogP contribution in [0, 0.1) is 6.92 Å². The highest BCUT2D eigenvalue weighted by Gasteiger charge is 2.32. The second-order valence-electron chi connectivity index (χ2n) is 5.92. The maximum Gasteiger partial charge on any atom is 0.268 e. The molecule has 2 aromatic carbocycles. The van der Waals surface area contributed by atoms with Crippen LogP contribution in [0.1, 0.15) is 18.1 Å². The molecule has 0 saturated heterocycles. The molecule has 1 heterocycles. The monoisotopic (exact) mass is 324 g/mol. The van der Waals surface area contributed by atoms with Gasteiger partial charge in [0.15, 0.2) is 6.10 Å². The summed E-state index contributed by atoms with van der Waals surface area (Å²) in [5.74, 6) is 0.222. The third-order valence-corrected chi connectivity index (χ3v) is 3.96. The number of anilines is 1. The van der Waals surface area contributed by atoms with Crippen LogP contribution in [0.25, 0.3) is 0 Å². The Bertz CT molecular complexity index is 758. The minimum Gasteiger partial charge on any atom is -0.479 e. The van der Waals surface area contributed by atoms with Crippen LogP contribution in [-0.4, -0.2) is 24.5 Å². The molecule has 3 rings (SSSR count). The molecule has 2 aromatic rings. The van der Waals surface area contributed by atoms with Gasteiger partial charge in [0.25, 0.3) is 5.91 Å². The molecular weight excluding hydrogens is 304 g/mol. The molecule has 0 spiro atoms. The molecule has 1 N–H and O–H groups in total. The minimum atomic E-state index is -0.595. The lowest BCUT2D eigenvalue weighted by Gasteiger charge is -2.32. The smallest absolute Gasteiger partial charge is 0.268 e. The quantitative estimate of drug-likeness (QED) is 0.940. The Labute approximate surface area is 141 Å². The maximum atomic E-state index is 12.4. The summed E-state index contributed by atoms with van der Waals surface area (Å²) in [6, 6.07) is 15.3. The molecule has 0 radical (unpaired) electrons. The highest BCUT2D eigenvalue weighted by molar-refractivity contribution is 6.03. The Morgan fingerprint density at radius 2 is 1.96 bits per heavy atom. The van der Waals surface area contributed by atoms with Gasteiger partial charge in [-0.15, -0.1) is 0 Å². The van der Waals surface area contributed by atoms with Crippen molar-refractivity contribution in [1.82, 2.24) is 5.32 Å². The molecule has 124 valence electrons. The van der Waals surface area contributed by atoms with Crippen molar-refractivity contribution in [3.05, 3.63) is 59.7 Å². The molecule has 24 heavy (non-hydrogen) atoms. The van der Waals surface area contributed by atoms with Gasteiger partial charge in [-0.25, -0.2) is 0 Å². The lowest BCUT2D eigenvalue weighted by Crippen LogP contribution is -2.48. The van der Waals surface area contributed by atoms with Gasteiger partial charge in [-0.05, 0) is 37.1 Å². The number of rotatable bonds is 4. The summed E-state index contributed by atoms with van der Waals surface area (Å²) in [6.07, 6.45) is -0.595. The largest absolute Gasteiger partial charge is 0.479 e. The number of benzene rings is 2. The van der Waals surface area contributed by atoms with Crippen LogP contribution >= 0.6 is 0 Å². The Balaban J connectivity index is 1.72. The van der Waals surface area contributed by atoms with E-state index >= 15 is 0 Å². The SMILES string of the molecule is Cc1ccc2c(c1)N(CC(=O)NCc1ccccc1)C(=O)[C@@H](C)O2. The molecule has 0 saturated carbocycles. The fourth-order valence-electron chi connectivity index (χ4n) is 2.68. The summed E-state index contributed by atoms with van der Waals surface area (Å²) in [7, 11) is 0. The summed E-state index contributed by atoms with van der Waals surface area (Å²) in [4.78, 5) is 26.2. The molecule has 5 heteroatoms. The average molecular weight is 324 g/mol. The van der Waals surface area contributed by atoms with Crippen LogP contribution in [-0.2, 0) is 16.1 Å². The first kappa shape index (κ1) is 16.1. The molecule has 0 unspecified atom stereocenters. The van der Waals surface area contributed by atoms with Crippen molar-refractivity contribution in [1.29, 1.82) is 0 Å². The van der Waals surface area contributed by atoms with Gasteiger partial charge in [-0.3, -0.25) is 14.5 Å². The predicted octanol–water partition coefficient (Wildman–Crippen LogP) is 2.43. The van der Waals surface area contributed by atoms with Gasteiger partial charge < -0.3 is 10.1 Å². The molecule has 5 nitrogen and oxygen atoms in total. The molecule has 2 amide bonds. The lowest BCUT2D eigenvalue weighted by atomic mass is 10.1. The van der Waals surface area contributed by atoms with Crippen molar-refractivity contribution in [2.24, 2.45) is 0 Å². The predicted molar refractivity (Wildman–Crippen MR) is 91.9 cm³/mol. The van der Waals surface area contributed by atoms with Gasteiger partial charge in [0.2, 0.25) is 5.91 Å². The third-order valence-electron chi connectivity index (χ3n) is 3.96. The van der Waals surface area contributed by atoms with Gasteiger partial charge >= 0.3 is 0 Å². The molecular formula is C19H20N2O3. The van der Waals surface area contributed by atoms with Crippen LogP contribution < -0.4 is 15.0 Å². The zero-order valence-corrected chi connectivity index (χ0v) is 13.8. The molecule has 1 atom stereocenters. The second kappa shape index (κ2) is 6.74. The number of hydrogen-bond acceptors (Lipinski definition) is 3. The molecule has 1 aliphatic rings. The number of carbonyl (C=O) groups is 2. The van der Waals surface area contributed by atoms with Crippen molar-refractivity contribution in [3.63, 3.8) is 0 Å².